The lowest BCUT2D eigenvalue weighted by molar-refractivity contribution is -0.111. The van der Waals surface area contributed by atoms with Crippen LogP contribution in [0.2, 0.25) is 16.6 Å². The number of hydrogen-bond donors (Lipinski definition) is 0. The Bertz CT molecular complexity index is 584. The molecule has 1 aliphatic rings. The van der Waals surface area contributed by atoms with Crippen molar-refractivity contribution in [1.29, 1.82) is 0 Å². The van der Waals surface area contributed by atoms with Crippen LogP contribution in [-0.2, 0) is 9.12 Å². The maximum absolute atomic E-state index is 12.0. The molecular weight excluding hydrogens is 416 g/mol. The molecule has 0 aromatic heterocycles. The van der Waals surface area contributed by atoms with Gasteiger partial charge in [-0.1, -0.05) is 88.9 Å². The number of carbonyl (C=O) groups excluding carboxylic acids is 1. The van der Waals surface area contributed by atoms with Crippen molar-refractivity contribution in [2.24, 2.45) is 5.92 Å². The summed E-state index contributed by atoms with van der Waals surface area (Å²) in [6.07, 6.45) is 7.07. The topological polar surface area (TPSA) is 26.3 Å². The number of halogens is 1. The first-order valence-electron chi connectivity index (χ1n) is 10.6. The summed E-state index contributed by atoms with van der Waals surface area (Å²) in [7, 11) is -1.95. The van der Waals surface area contributed by atoms with Crippen LogP contribution >= 0.6 is 15.9 Å². The molecule has 1 unspecified atom stereocenters. The fourth-order valence-corrected chi connectivity index (χ4v) is 11.2. The Hall–Kier alpha value is -0.613. The van der Waals surface area contributed by atoms with Crippen molar-refractivity contribution >= 4 is 30.5 Å². The number of rotatable bonds is 8. The van der Waals surface area contributed by atoms with Gasteiger partial charge in [-0.05, 0) is 53.1 Å². The van der Waals surface area contributed by atoms with Crippen LogP contribution in [-0.4, -0.2) is 14.6 Å². The number of carbonyl (C=O) groups is 1. The monoisotopic (exact) mass is 452 g/mol. The molecule has 4 heteroatoms. The molecule has 27 heavy (non-hydrogen) atoms. The predicted octanol–water partition coefficient (Wildman–Crippen LogP) is 7.61. The van der Waals surface area contributed by atoms with Gasteiger partial charge >= 0.3 is 0 Å². The quantitative estimate of drug-likeness (QED) is 0.230. The second-order valence-electron chi connectivity index (χ2n) is 9.16. The van der Waals surface area contributed by atoms with Gasteiger partial charge in [0.05, 0.1) is 0 Å². The Kier molecular flexibility index (Phi) is 7.77. The van der Waals surface area contributed by atoms with E-state index in [9.17, 15) is 4.79 Å². The summed E-state index contributed by atoms with van der Waals surface area (Å²) < 4.78 is 6.21. The third kappa shape index (κ3) is 4.53. The molecule has 1 aliphatic carbocycles. The standard InChI is InChI=1S/C23H37BrO2Si/c1-17(2)27(18(3)4,19(5)6)26-22-14-12-21(13-15-22)23(24,16-25)20-10-8-7-9-11-20/h12-20H,7-11H2,1-6H3. The molecular formula is C23H37BrO2Si. The predicted molar refractivity (Wildman–Crippen MR) is 121 cm³/mol. The van der Waals surface area contributed by atoms with Crippen LogP contribution in [0.25, 0.3) is 0 Å². The van der Waals surface area contributed by atoms with E-state index in [2.05, 4.69) is 81.7 Å². The van der Waals surface area contributed by atoms with Crippen molar-refractivity contribution < 1.29 is 9.22 Å². The van der Waals surface area contributed by atoms with Crippen LogP contribution in [0, 0.1) is 5.92 Å². The minimum Gasteiger partial charge on any atom is -0.543 e. The smallest absolute Gasteiger partial charge is 0.258 e. The first-order chi connectivity index (χ1) is 12.7. The second kappa shape index (κ2) is 9.26. The molecule has 0 saturated heterocycles. The maximum atomic E-state index is 12.0. The van der Waals surface area contributed by atoms with Gasteiger partial charge in [-0.3, -0.25) is 0 Å². The van der Waals surface area contributed by atoms with E-state index < -0.39 is 12.6 Å². The fourth-order valence-electron chi connectivity index (χ4n) is 5.26. The molecule has 1 aromatic rings. The Morgan fingerprint density at radius 3 is 1.85 bits per heavy atom. The molecule has 0 spiro atoms. The Labute approximate surface area is 175 Å². The molecule has 2 rings (SSSR count). The van der Waals surface area contributed by atoms with Crippen molar-refractivity contribution in [3.8, 4) is 5.75 Å². The third-order valence-corrected chi connectivity index (χ3v) is 14.0. The van der Waals surface area contributed by atoms with Crippen LogP contribution in [0.1, 0.15) is 79.2 Å². The highest BCUT2D eigenvalue weighted by Gasteiger charge is 2.47. The molecule has 1 atom stereocenters. The van der Waals surface area contributed by atoms with E-state index in [1.54, 1.807) is 0 Å². The summed E-state index contributed by atoms with van der Waals surface area (Å²) in [6.45, 7) is 13.8. The molecule has 1 saturated carbocycles. The first-order valence-corrected chi connectivity index (χ1v) is 13.6. The zero-order valence-electron chi connectivity index (χ0n) is 17.9. The molecule has 152 valence electrons. The molecule has 0 aliphatic heterocycles. The average molecular weight is 454 g/mol. The normalized spacial score (nSPS) is 18.7. The summed E-state index contributed by atoms with van der Waals surface area (Å²) in [5.41, 5.74) is 2.70. The minimum atomic E-state index is -1.95. The van der Waals surface area contributed by atoms with Crippen molar-refractivity contribution in [2.75, 3.05) is 0 Å². The van der Waals surface area contributed by atoms with Crippen molar-refractivity contribution in [3.05, 3.63) is 29.8 Å². The lowest BCUT2D eigenvalue weighted by Gasteiger charge is -2.42. The lowest BCUT2D eigenvalue weighted by Crippen LogP contribution is -2.50. The van der Waals surface area contributed by atoms with E-state index in [1.807, 2.05) is 0 Å². The van der Waals surface area contributed by atoms with Crippen LogP contribution < -0.4 is 4.43 Å². The Balaban J connectivity index is 2.28. The molecule has 0 bridgehead atoms. The highest BCUT2D eigenvalue weighted by Crippen LogP contribution is 2.46. The first kappa shape index (κ1) is 22.7. The van der Waals surface area contributed by atoms with Gasteiger partial charge < -0.3 is 9.22 Å². The second-order valence-corrected chi connectivity index (χ2v) is 15.9. The summed E-state index contributed by atoms with van der Waals surface area (Å²) in [5, 5.41) is 0. The van der Waals surface area contributed by atoms with Gasteiger partial charge in [-0.25, -0.2) is 0 Å². The summed E-state index contributed by atoms with van der Waals surface area (Å²) in [4.78, 5) is 12.0. The third-order valence-electron chi connectivity index (χ3n) is 6.67. The molecule has 0 heterocycles. The molecule has 0 amide bonds. The molecule has 1 fully saturated rings. The van der Waals surface area contributed by atoms with Crippen LogP contribution in [0.5, 0.6) is 5.75 Å². The lowest BCUT2D eigenvalue weighted by atomic mass is 9.77. The van der Waals surface area contributed by atoms with Crippen LogP contribution in [0.15, 0.2) is 24.3 Å². The maximum Gasteiger partial charge on any atom is 0.258 e. The number of aldehydes is 1. The fraction of sp³-hybridized carbons (Fsp3) is 0.696. The van der Waals surface area contributed by atoms with E-state index in [-0.39, 0.29) is 0 Å². The SMILES string of the molecule is CC(C)[Si](Oc1ccc(C(Br)(C=O)C2CCCCC2)cc1)(C(C)C)C(C)C. The Morgan fingerprint density at radius 1 is 0.963 bits per heavy atom. The Morgan fingerprint density at radius 2 is 1.44 bits per heavy atom. The zero-order valence-corrected chi connectivity index (χ0v) is 20.5. The summed E-state index contributed by atoms with van der Waals surface area (Å²) >= 11 is 3.81. The van der Waals surface area contributed by atoms with E-state index >= 15 is 0 Å². The van der Waals surface area contributed by atoms with Gasteiger partial charge in [0, 0.05) is 0 Å². The van der Waals surface area contributed by atoms with E-state index in [0.717, 1.165) is 30.4 Å². The highest BCUT2D eigenvalue weighted by molar-refractivity contribution is 9.10. The number of hydrogen-bond acceptors (Lipinski definition) is 2. The van der Waals surface area contributed by atoms with Crippen molar-refractivity contribution in [2.45, 2.75) is 94.6 Å². The molecule has 1 aromatic carbocycles. The largest absolute Gasteiger partial charge is 0.543 e. The molecule has 2 nitrogen and oxygen atoms in total. The van der Waals surface area contributed by atoms with E-state index in [1.165, 1.54) is 19.3 Å². The van der Waals surface area contributed by atoms with Gasteiger partial charge in [-0.15, -0.1) is 0 Å². The van der Waals surface area contributed by atoms with Gasteiger partial charge in [0.2, 0.25) is 0 Å². The van der Waals surface area contributed by atoms with Crippen molar-refractivity contribution in [3.63, 3.8) is 0 Å². The van der Waals surface area contributed by atoms with Gasteiger partial charge in [-0.2, -0.15) is 0 Å². The summed E-state index contributed by atoms with van der Waals surface area (Å²) in [5.74, 6) is 1.33. The van der Waals surface area contributed by atoms with E-state index in [4.69, 9.17) is 4.43 Å². The van der Waals surface area contributed by atoms with Crippen molar-refractivity contribution in [1.82, 2.24) is 0 Å². The van der Waals surface area contributed by atoms with Gasteiger partial charge in [0.15, 0.2) is 0 Å². The van der Waals surface area contributed by atoms with Gasteiger partial charge in [0.1, 0.15) is 16.4 Å². The highest BCUT2D eigenvalue weighted by atomic mass is 79.9. The number of alkyl halides is 1. The molecule has 0 N–H and O–H groups in total. The molecule has 0 radical (unpaired) electrons. The minimum absolute atomic E-state index is 0.381. The van der Waals surface area contributed by atoms with Gasteiger partial charge in [0.25, 0.3) is 8.32 Å². The number of benzene rings is 1. The average Bonchev–Trinajstić information content (AvgIpc) is 2.65. The van der Waals surface area contributed by atoms with Crippen LogP contribution in [0.4, 0.5) is 0 Å². The summed E-state index contributed by atoms with van der Waals surface area (Å²) in [6, 6.07) is 8.33. The zero-order chi connectivity index (χ0) is 20.2. The van der Waals surface area contributed by atoms with E-state index in [0.29, 0.717) is 22.5 Å². The van der Waals surface area contributed by atoms with Crippen LogP contribution in [0.3, 0.4) is 0 Å².